The molecule has 3 heteroatoms. The smallest absolute Gasteiger partial charge is 0.330 e. The van der Waals surface area contributed by atoms with Crippen molar-refractivity contribution in [3.63, 3.8) is 0 Å². The van der Waals surface area contributed by atoms with E-state index in [4.69, 9.17) is 9.47 Å². The van der Waals surface area contributed by atoms with E-state index in [0.29, 0.717) is 25.7 Å². The Balaban J connectivity index is 3.58. The second-order valence-corrected chi connectivity index (χ2v) is 2.77. The van der Waals surface area contributed by atoms with E-state index >= 15 is 0 Å². The highest BCUT2D eigenvalue weighted by molar-refractivity contribution is 5.81. The van der Waals surface area contributed by atoms with E-state index in [-0.39, 0.29) is 5.97 Å². The van der Waals surface area contributed by atoms with Crippen LogP contribution in [0.4, 0.5) is 0 Å². The van der Waals surface area contributed by atoms with Crippen molar-refractivity contribution in [3.05, 3.63) is 12.7 Å². The van der Waals surface area contributed by atoms with Crippen LogP contribution in [0, 0.1) is 5.92 Å². The van der Waals surface area contributed by atoms with Gasteiger partial charge in [0.1, 0.15) is 0 Å². The van der Waals surface area contributed by atoms with Crippen molar-refractivity contribution in [2.45, 2.75) is 20.3 Å². The predicted molar refractivity (Wildman–Crippen MR) is 51.4 cm³/mol. The molecule has 0 bridgehead atoms. The van der Waals surface area contributed by atoms with Crippen molar-refractivity contribution in [3.8, 4) is 0 Å². The molecule has 0 radical (unpaired) electrons. The van der Waals surface area contributed by atoms with Crippen molar-refractivity contribution in [2.24, 2.45) is 5.92 Å². The molecule has 0 aromatic carbocycles. The van der Waals surface area contributed by atoms with Gasteiger partial charge in [-0.25, -0.2) is 4.79 Å². The van der Waals surface area contributed by atoms with Crippen LogP contribution < -0.4 is 0 Å². The summed E-state index contributed by atoms with van der Waals surface area (Å²) in [5.74, 6) is -0.0706. The number of carbonyl (C=O) groups is 1. The van der Waals surface area contributed by atoms with Gasteiger partial charge in [0.05, 0.1) is 13.2 Å². The van der Waals surface area contributed by atoms with E-state index in [0.717, 1.165) is 6.42 Å². The average Bonchev–Trinajstić information content (AvgIpc) is 2.17. The summed E-state index contributed by atoms with van der Waals surface area (Å²) in [6.45, 7) is 9.08. The maximum Gasteiger partial charge on any atom is 0.330 e. The van der Waals surface area contributed by atoms with E-state index < -0.39 is 0 Å². The molecule has 0 heterocycles. The molecule has 1 unspecified atom stereocenters. The molecule has 0 aliphatic carbocycles. The fourth-order valence-electron chi connectivity index (χ4n) is 0.827. The number of hydrogen-bond acceptors (Lipinski definition) is 3. The van der Waals surface area contributed by atoms with Crippen LogP contribution in [0.5, 0.6) is 0 Å². The Morgan fingerprint density at radius 3 is 2.62 bits per heavy atom. The Labute approximate surface area is 79.7 Å². The van der Waals surface area contributed by atoms with Gasteiger partial charge in [0, 0.05) is 18.6 Å². The first-order valence-corrected chi connectivity index (χ1v) is 4.61. The van der Waals surface area contributed by atoms with Crippen LogP contribution in [0.2, 0.25) is 0 Å². The molecule has 1 atom stereocenters. The molecule has 76 valence electrons. The van der Waals surface area contributed by atoms with Gasteiger partial charge < -0.3 is 9.47 Å². The van der Waals surface area contributed by atoms with Gasteiger partial charge in [-0.05, 0) is 13.3 Å². The van der Waals surface area contributed by atoms with Gasteiger partial charge in [0.2, 0.25) is 0 Å². The van der Waals surface area contributed by atoms with Gasteiger partial charge in [-0.1, -0.05) is 13.5 Å². The highest BCUT2D eigenvalue weighted by atomic mass is 16.5. The molecular formula is C10H18O3. The second kappa shape index (κ2) is 7.80. The van der Waals surface area contributed by atoms with Gasteiger partial charge in [-0.3, -0.25) is 0 Å². The molecule has 0 saturated carbocycles. The van der Waals surface area contributed by atoms with Crippen LogP contribution in [-0.2, 0) is 14.3 Å². The average molecular weight is 186 g/mol. The Morgan fingerprint density at radius 2 is 2.15 bits per heavy atom. The summed E-state index contributed by atoms with van der Waals surface area (Å²) in [5, 5.41) is 0. The standard InChI is InChI=1S/C10H18O3/c1-4-9(7-12-6-3)8-13-10(11)5-2/h5,9H,2,4,6-8H2,1,3H3. The summed E-state index contributed by atoms with van der Waals surface area (Å²) in [7, 11) is 0. The molecule has 0 saturated heterocycles. The number of carbonyl (C=O) groups excluding carboxylic acids is 1. The summed E-state index contributed by atoms with van der Waals surface area (Å²) in [4.78, 5) is 10.7. The summed E-state index contributed by atoms with van der Waals surface area (Å²) in [6.07, 6.45) is 2.12. The number of rotatable bonds is 7. The first-order valence-electron chi connectivity index (χ1n) is 4.61. The summed E-state index contributed by atoms with van der Waals surface area (Å²) < 4.78 is 10.1. The second-order valence-electron chi connectivity index (χ2n) is 2.77. The number of ether oxygens (including phenoxy) is 2. The lowest BCUT2D eigenvalue weighted by Gasteiger charge is -2.13. The van der Waals surface area contributed by atoms with Crippen LogP contribution in [0.25, 0.3) is 0 Å². The Hall–Kier alpha value is -0.830. The van der Waals surface area contributed by atoms with E-state index in [2.05, 4.69) is 6.58 Å². The molecule has 0 fully saturated rings. The molecule has 0 amide bonds. The SMILES string of the molecule is C=CC(=O)OCC(CC)COCC. The lowest BCUT2D eigenvalue weighted by atomic mass is 10.1. The predicted octanol–water partition coefficient (Wildman–Crippen LogP) is 1.78. The van der Waals surface area contributed by atoms with Crippen molar-refractivity contribution in [1.29, 1.82) is 0 Å². The van der Waals surface area contributed by atoms with Crippen LogP contribution in [-0.4, -0.2) is 25.8 Å². The van der Waals surface area contributed by atoms with Crippen LogP contribution in [0.15, 0.2) is 12.7 Å². The lowest BCUT2D eigenvalue weighted by Crippen LogP contribution is -2.17. The van der Waals surface area contributed by atoms with Crippen LogP contribution >= 0.6 is 0 Å². The molecular weight excluding hydrogens is 168 g/mol. The fourth-order valence-corrected chi connectivity index (χ4v) is 0.827. The molecule has 0 aromatic heterocycles. The van der Waals surface area contributed by atoms with E-state index in [9.17, 15) is 4.79 Å². The molecule has 3 nitrogen and oxygen atoms in total. The van der Waals surface area contributed by atoms with E-state index in [1.54, 1.807) is 0 Å². The molecule has 0 aliphatic heterocycles. The Kier molecular flexibility index (Phi) is 7.30. The Bertz CT molecular complexity index is 154. The fraction of sp³-hybridized carbons (Fsp3) is 0.700. The topological polar surface area (TPSA) is 35.5 Å². The van der Waals surface area contributed by atoms with Crippen LogP contribution in [0.1, 0.15) is 20.3 Å². The van der Waals surface area contributed by atoms with Gasteiger partial charge in [0.25, 0.3) is 0 Å². The zero-order valence-electron chi connectivity index (χ0n) is 8.41. The maximum absolute atomic E-state index is 10.7. The molecule has 0 aromatic rings. The molecule has 13 heavy (non-hydrogen) atoms. The van der Waals surface area contributed by atoms with E-state index in [1.807, 2.05) is 13.8 Å². The zero-order chi connectivity index (χ0) is 10.1. The zero-order valence-corrected chi connectivity index (χ0v) is 8.41. The normalized spacial score (nSPS) is 12.2. The Morgan fingerprint density at radius 1 is 1.46 bits per heavy atom. The largest absolute Gasteiger partial charge is 0.462 e. The van der Waals surface area contributed by atoms with Crippen molar-refractivity contribution >= 4 is 5.97 Å². The highest BCUT2D eigenvalue weighted by Gasteiger charge is 2.08. The monoisotopic (exact) mass is 186 g/mol. The summed E-state index contributed by atoms with van der Waals surface area (Å²) >= 11 is 0. The molecule has 0 rings (SSSR count). The third kappa shape index (κ3) is 6.34. The maximum atomic E-state index is 10.7. The van der Waals surface area contributed by atoms with Crippen molar-refractivity contribution in [2.75, 3.05) is 19.8 Å². The van der Waals surface area contributed by atoms with Gasteiger partial charge in [-0.2, -0.15) is 0 Å². The number of esters is 1. The highest BCUT2D eigenvalue weighted by Crippen LogP contribution is 2.04. The van der Waals surface area contributed by atoms with Gasteiger partial charge in [0.15, 0.2) is 0 Å². The van der Waals surface area contributed by atoms with E-state index in [1.165, 1.54) is 6.08 Å². The summed E-state index contributed by atoms with van der Waals surface area (Å²) in [5.41, 5.74) is 0. The van der Waals surface area contributed by atoms with Gasteiger partial charge >= 0.3 is 5.97 Å². The molecule has 0 N–H and O–H groups in total. The van der Waals surface area contributed by atoms with Crippen LogP contribution in [0.3, 0.4) is 0 Å². The van der Waals surface area contributed by atoms with Crippen molar-refractivity contribution in [1.82, 2.24) is 0 Å². The molecule has 0 spiro atoms. The minimum Gasteiger partial charge on any atom is -0.462 e. The van der Waals surface area contributed by atoms with Gasteiger partial charge in [-0.15, -0.1) is 0 Å². The third-order valence-corrected chi connectivity index (χ3v) is 1.76. The first-order chi connectivity index (χ1) is 6.24. The minimum absolute atomic E-state index is 0.295. The third-order valence-electron chi connectivity index (χ3n) is 1.76. The lowest BCUT2D eigenvalue weighted by molar-refractivity contribution is -0.139. The first kappa shape index (κ1) is 12.2. The van der Waals surface area contributed by atoms with Crippen molar-refractivity contribution < 1.29 is 14.3 Å². The quantitative estimate of drug-likeness (QED) is 0.449. The minimum atomic E-state index is -0.366. The summed E-state index contributed by atoms with van der Waals surface area (Å²) in [6, 6.07) is 0. The number of hydrogen-bond donors (Lipinski definition) is 0. The molecule has 0 aliphatic rings.